The fourth-order valence-electron chi connectivity index (χ4n) is 5.62. The van der Waals surface area contributed by atoms with Gasteiger partial charge in [-0.15, -0.1) is 0 Å². The third-order valence-electron chi connectivity index (χ3n) is 8.05. The van der Waals surface area contributed by atoms with Crippen LogP contribution in [-0.4, -0.2) is 66.4 Å². The van der Waals surface area contributed by atoms with Crippen LogP contribution in [0.2, 0.25) is 0 Å². The number of hydrogen-bond donors (Lipinski definition) is 1. The summed E-state index contributed by atoms with van der Waals surface area (Å²) in [5, 5.41) is 3.25. The van der Waals surface area contributed by atoms with Gasteiger partial charge in [0.05, 0.1) is 25.3 Å². The van der Waals surface area contributed by atoms with Gasteiger partial charge >= 0.3 is 0 Å². The second-order valence-corrected chi connectivity index (χ2v) is 11.1. The van der Waals surface area contributed by atoms with Crippen molar-refractivity contribution in [3.8, 4) is 28.7 Å². The number of anilines is 1. The lowest BCUT2D eigenvalue weighted by Crippen LogP contribution is -2.38. The molecule has 1 fully saturated rings. The minimum absolute atomic E-state index is 0.0725. The van der Waals surface area contributed by atoms with E-state index in [1.807, 2.05) is 18.2 Å². The van der Waals surface area contributed by atoms with Crippen LogP contribution >= 0.6 is 0 Å². The first-order valence-corrected chi connectivity index (χ1v) is 15.2. The number of aromatic nitrogens is 2. The number of carbonyl (C=O) groups is 1. The van der Waals surface area contributed by atoms with Crippen LogP contribution in [0.1, 0.15) is 15.9 Å². The Kier molecular flexibility index (Phi) is 8.51. The number of benzene rings is 3. The fourth-order valence-corrected chi connectivity index (χ4v) is 5.62. The molecule has 0 aliphatic carbocycles. The summed E-state index contributed by atoms with van der Waals surface area (Å²) in [6, 6.07) is 16.4. The molecule has 0 unspecified atom stereocenters. The van der Waals surface area contributed by atoms with Crippen molar-refractivity contribution >= 4 is 22.5 Å². The van der Waals surface area contributed by atoms with Crippen LogP contribution in [0.25, 0.3) is 16.6 Å². The fraction of sp³-hybridized carbons (Fsp3) is 0.229. The average molecular weight is 641 g/mol. The number of halogens is 2. The Morgan fingerprint density at radius 1 is 0.957 bits per heavy atom. The summed E-state index contributed by atoms with van der Waals surface area (Å²) in [4.78, 5) is 33.5. The summed E-state index contributed by atoms with van der Waals surface area (Å²) in [6.45, 7) is 4.76. The number of carbonyl (C=O) groups excluding carboxylic acids is 1. The Bertz CT molecular complexity index is 2010. The first kappa shape index (κ1) is 30.3. The molecule has 2 aromatic heterocycles. The van der Waals surface area contributed by atoms with E-state index in [1.165, 1.54) is 41.0 Å². The summed E-state index contributed by atoms with van der Waals surface area (Å²) >= 11 is 0. The van der Waals surface area contributed by atoms with Crippen molar-refractivity contribution in [1.82, 2.24) is 14.5 Å². The summed E-state index contributed by atoms with van der Waals surface area (Å²) in [5.74, 6) is -0.829. The van der Waals surface area contributed by atoms with Crippen LogP contribution in [0.5, 0.6) is 23.0 Å². The SMILES string of the molecule is O=C(Nc1ccc(Oc2ccnc3ccc(OCCN4CCOCC4)cc23)c(F)c1)c1c2c(cn(-c3ccc(F)cc3)c1=O)CCO2. The van der Waals surface area contributed by atoms with E-state index >= 15 is 4.39 Å². The van der Waals surface area contributed by atoms with Gasteiger partial charge in [0.1, 0.15) is 35.2 Å². The van der Waals surface area contributed by atoms with Crippen molar-refractivity contribution in [3.63, 3.8) is 0 Å². The number of nitrogens with zero attached hydrogens (tertiary/aromatic N) is 3. The van der Waals surface area contributed by atoms with E-state index in [0.29, 0.717) is 53.3 Å². The molecule has 0 bridgehead atoms. The van der Waals surface area contributed by atoms with Gasteiger partial charge in [-0.05, 0) is 60.7 Å². The highest BCUT2D eigenvalue weighted by molar-refractivity contribution is 6.06. The maximum atomic E-state index is 15.4. The Morgan fingerprint density at radius 3 is 2.60 bits per heavy atom. The van der Waals surface area contributed by atoms with Crippen LogP contribution in [0.3, 0.4) is 0 Å². The van der Waals surface area contributed by atoms with Crippen LogP contribution in [0, 0.1) is 11.6 Å². The van der Waals surface area contributed by atoms with Gasteiger partial charge in [-0.25, -0.2) is 8.78 Å². The molecular formula is C35H30F2N4O6. The Balaban J connectivity index is 1.08. The Hall–Kier alpha value is -5.33. The highest BCUT2D eigenvalue weighted by Crippen LogP contribution is 2.34. The number of fused-ring (bicyclic) bond motifs is 2. The van der Waals surface area contributed by atoms with Gasteiger partial charge in [-0.2, -0.15) is 0 Å². The van der Waals surface area contributed by atoms with Crippen LogP contribution in [0.15, 0.2) is 83.9 Å². The number of hydrogen-bond acceptors (Lipinski definition) is 8. The quantitative estimate of drug-likeness (QED) is 0.230. The van der Waals surface area contributed by atoms with Crippen molar-refractivity contribution in [3.05, 3.63) is 112 Å². The first-order chi connectivity index (χ1) is 22.9. The lowest BCUT2D eigenvalue weighted by atomic mass is 10.1. The van der Waals surface area contributed by atoms with E-state index in [0.717, 1.165) is 38.9 Å². The predicted molar refractivity (Wildman–Crippen MR) is 170 cm³/mol. The summed E-state index contributed by atoms with van der Waals surface area (Å²) in [7, 11) is 0. The second kappa shape index (κ2) is 13.2. The van der Waals surface area contributed by atoms with E-state index < -0.39 is 23.1 Å². The van der Waals surface area contributed by atoms with Crippen molar-refractivity contribution in [2.45, 2.75) is 6.42 Å². The maximum Gasteiger partial charge on any atom is 0.271 e. The van der Waals surface area contributed by atoms with Gasteiger partial charge < -0.3 is 24.3 Å². The molecule has 2 aliphatic rings. The van der Waals surface area contributed by atoms with Gasteiger partial charge in [0, 0.05) is 66.8 Å². The van der Waals surface area contributed by atoms with E-state index in [4.69, 9.17) is 18.9 Å². The molecule has 0 spiro atoms. The predicted octanol–water partition coefficient (Wildman–Crippen LogP) is 5.35. The molecule has 0 atom stereocenters. The molecule has 0 saturated carbocycles. The zero-order valence-electron chi connectivity index (χ0n) is 25.2. The number of morpholine rings is 1. The number of rotatable bonds is 9. The molecular weight excluding hydrogens is 610 g/mol. The van der Waals surface area contributed by atoms with Gasteiger partial charge in [-0.3, -0.25) is 24.0 Å². The highest BCUT2D eigenvalue weighted by Gasteiger charge is 2.27. The normalized spacial score (nSPS) is 14.4. The van der Waals surface area contributed by atoms with Crippen molar-refractivity contribution < 1.29 is 32.5 Å². The van der Waals surface area contributed by atoms with E-state index in [1.54, 1.807) is 18.5 Å². The highest BCUT2D eigenvalue weighted by atomic mass is 19.1. The molecule has 1 N–H and O–H groups in total. The van der Waals surface area contributed by atoms with Gasteiger partial charge in [0.15, 0.2) is 11.6 Å². The van der Waals surface area contributed by atoms with Gasteiger partial charge in [-0.1, -0.05) is 0 Å². The summed E-state index contributed by atoms with van der Waals surface area (Å²) in [5.41, 5.74) is 0.933. The topological polar surface area (TPSA) is 104 Å². The Labute approximate surface area is 268 Å². The lowest BCUT2D eigenvalue weighted by Gasteiger charge is -2.26. The standard InChI is InChI=1S/C35H30F2N4O6/c36-23-1-4-25(5-2-23)41-21-22-10-15-46-33(22)32(35(41)43)34(42)39-24-3-8-31(28(37)19-24)47-30-9-11-38-29-7-6-26(20-27(29)30)45-18-14-40-12-16-44-17-13-40/h1-9,11,19-21H,10,12-18H2,(H,39,42). The minimum Gasteiger partial charge on any atom is -0.492 e. The minimum atomic E-state index is -0.765. The van der Waals surface area contributed by atoms with Crippen molar-refractivity contribution in [2.24, 2.45) is 0 Å². The molecule has 1 saturated heterocycles. The number of amides is 1. The Morgan fingerprint density at radius 2 is 1.79 bits per heavy atom. The molecule has 7 rings (SSSR count). The van der Waals surface area contributed by atoms with Crippen LogP contribution in [-0.2, 0) is 11.2 Å². The second-order valence-electron chi connectivity index (χ2n) is 11.1. The first-order valence-electron chi connectivity index (χ1n) is 15.2. The molecule has 240 valence electrons. The van der Waals surface area contributed by atoms with Gasteiger partial charge in [0.25, 0.3) is 11.5 Å². The maximum absolute atomic E-state index is 15.4. The molecule has 5 aromatic rings. The molecule has 3 aromatic carbocycles. The largest absolute Gasteiger partial charge is 0.492 e. The zero-order valence-corrected chi connectivity index (χ0v) is 25.2. The van der Waals surface area contributed by atoms with E-state index in [2.05, 4.69) is 15.2 Å². The smallest absolute Gasteiger partial charge is 0.271 e. The lowest BCUT2D eigenvalue weighted by molar-refractivity contribution is 0.0322. The molecule has 4 heterocycles. The third-order valence-corrected chi connectivity index (χ3v) is 8.05. The number of ether oxygens (including phenoxy) is 4. The molecule has 47 heavy (non-hydrogen) atoms. The zero-order chi connectivity index (χ0) is 32.3. The average Bonchev–Trinajstić information content (AvgIpc) is 3.55. The monoisotopic (exact) mass is 640 g/mol. The molecule has 0 radical (unpaired) electrons. The number of pyridine rings is 2. The van der Waals surface area contributed by atoms with E-state index in [9.17, 15) is 14.0 Å². The van der Waals surface area contributed by atoms with Crippen molar-refractivity contribution in [2.75, 3.05) is 51.4 Å². The van der Waals surface area contributed by atoms with E-state index in [-0.39, 0.29) is 22.7 Å². The van der Waals surface area contributed by atoms with Crippen molar-refractivity contribution in [1.29, 1.82) is 0 Å². The summed E-state index contributed by atoms with van der Waals surface area (Å²) < 4.78 is 53.1. The molecule has 12 heteroatoms. The third kappa shape index (κ3) is 6.51. The molecule has 10 nitrogen and oxygen atoms in total. The molecule has 1 amide bonds. The summed E-state index contributed by atoms with van der Waals surface area (Å²) in [6.07, 6.45) is 3.65. The molecule has 2 aliphatic heterocycles. The number of nitrogens with one attached hydrogen (secondary N) is 1. The van der Waals surface area contributed by atoms with Crippen LogP contribution < -0.4 is 25.1 Å². The van der Waals surface area contributed by atoms with Gasteiger partial charge in [0.2, 0.25) is 0 Å². The van der Waals surface area contributed by atoms with Crippen LogP contribution in [0.4, 0.5) is 14.5 Å².